The van der Waals surface area contributed by atoms with E-state index in [1.165, 1.54) is 0 Å². The van der Waals surface area contributed by atoms with E-state index in [0.717, 1.165) is 34.2 Å². The first-order valence-corrected chi connectivity index (χ1v) is 7.63. The molecular formula is C18H20N4O. The van der Waals surface area contributed by atoms with Crippen molar-refractivity contribution in [3.63, 3.8) is 0 Å². The number of fused-ring (bicyclic) bond motifs is 1. The fourth-order valence-corrected chi connectivity index (χ4v) is 2.47. The maximum absolute atomic E-state index is 5.22. The molecule has 2 aromatic heterocycles. The van der Waals surface area contributed by atoms with Gasteiger partial charge in [-0.3, -0.25) is 4.40 Å². The van der Waals surface area contributed by atoms with Gasteiger partial charge in [0.05, 0.1) is 18.5 Å². The summed E-state index contributed by atoms with van der Waals surface area (Å²) in [6, 6.07) is 11.6. The van der Waals surface area contributed by atoms with Gasteiger partial charge in [0.1, 0.15) is 11.4 Å². The molecule has 0 saturated carbocycles. The number of pyridine rings is 1. The van der Waals surface area contributed by atoms with Gasteiger partial charge < -0.3 is 4.74 Å². The number of imidazole rings is 1. The number of aryl methyl sites for hydroxylation is 1. The topological polar surface area (TPSA) is 51.2 Å². The van der Waals surface area contributed by atoms with Crippen LogP contribution in [0.3, 0.4) is 0 Å². The van der Waals surface area contributed by atoms with Gasteiger partial charge in [0, 0.05) is 12.3 Å². The maximum atomic E-state index is 5.22. The van der Waals surface area contributed by atoms with E-state index in [1.54, 1.807) is 7.11 Å². The average Bonchev–Trinajstić information content (AvgIpc) is 2.93. The Morgan fingerprint density at radius 3 is 2.70 bits per heavy atom. The molecule has 0 N–H and O–H groups in total. The molecule has 5 nitrogen and oxygen atoms in total. The summed E-state index contributed by atoms with van der Waals surface area (Å²) in [6.07, 6.45) is 1.97. The first-order valence-electron chi connectivity index (χ1n) is 7.63. The first kappa shape index (κ1) is 15.2. The van der Waals surface area contributed by atoms with Crippen LogP contribution in [-0.4, -0.2) is 16.5 Å². The first-order chi connectivity index (χ1) is 11.1. The summed E-state index contributed by atoms with van der Waals surface area (Å²) in [5.41, 5.74) is 3.75. The zero-order chi connectivity index (χ0) is 16.4. The van der Waals surface area contributed by atoms with Crippen LogP contribution in [0.15, 0.2) is 52.8 Å². The van der Waals surface area contributed by atoms with Crippen LogP contribution in [0.4, 0.5) is 11.5 Å². The van der Waals surface area contributed by atoms with Gasteiger partial charge in [-0.1, -0.05) is 26.0 Å². The highest BCUT2D eigenvalue weighted by Gasteiger charge is 2.15. The molecule has 0 bridgehead atoms. The van der Waals surface area contributed by atoms with E-state index >= 15 is 0 Å². The molecule has 0 aliphatic carbocycles. The Morgan fingerprint density at radius 2 is 1.96 bits per heavy atom. The van der Waals surface area contributed by atoms with E-state index in [0.29, 0.717) is 0 Å². The molecule has 0 spiro atoms. The van der Waals surface area contributed by atoms with Gasteiger partial charge in [-0.25, -0.2) is 4.98 Å². The second kappa shape index (κ2) is 6.20. The average molecular weight is 308 g/mol. The number of nitrogens with zero attached hydrogens (tertiary/aromatic N) is 4. The maximum Gasteiger partial charge on any atom is 0.183 e. The molecule has 0 unspecified atom stereocenters. The highest BCUT2D eigenvalue weighted by Crippen LogP contribution is 2.30. The normalized spacial score (nSPS) is 11.7. The number of hydrogen-bond donors (Lipinski definition) is 0. The molecule has 118 valence electrons. The quantitative estimate of drug-likeness (QED) is 0.623. The Kier molecular flexibility index (Phi) is 4.10. The van der Waals surface area contributed by atoms with Crippen molar-refractivity contribution in [3.05, 3.63) is 53.9 Å². The van der Waals surface area contributed by atoms with E-state index in [4.69, 9.17) is 9.72 Å². The monoisotopic (exact) mass is 308 g/mol. The highest BCUT2D eigenvalue weighted by atomic mass is 16.5. The molecular weight excluding hydrogens is 288 g/mol. The Hall–Kier alpha value is -2.69. The van der Waals surface area contributed by atoms with Gasteiger partial charge in [-0.05, 0) is 36.6 Å². The van der Waals surface area contributed by atoms with Crippen LogP contribution in [0.25, 0.3) is 5.65 Å². The Morgan fingerprint density at radius 1 is 1.13 bits per heavy atom. The lowest BCUT2D eigenvalue weighted by molar-refractivity contribution is 0.415. The Balaban J connectivity index is 2.09. The third kappa shape index (κ3) is 2.95. The minimum Gasteiger partial charge on any atom is -0.497 e. The van der Waals surface area contributed by atoms with E-state index in [-0.39, 0.29) is 5.92 Å². The summed E-state index contributed by atoms with van der Waals surface area (Å²) in [4.78, 5) is 4.74. The van der Waals surface area contributed by atoms with Crippen LogP contribution in [0.1, 0.15) is 31.0 Å². The molecule has 2 heterocycles. The minimum absolute atomic E-state index is 0.272. The van der Waals surface area contributed by atoms with Crippen molar-refractivity contribution >= 4 is 17.2 Å². The molecule has 3 aromatic rings. The molecule has 23 heavy (non-hydrogen) atoms. The predicted molar refractivity (Wildman–Crippen MR) is 91.2 cm³/mol. The third-order valence-electron chi connectivity index (χ3n) is 3.71. The lowest BCUT2D eigenvalue weighted by Gasteiger charge is -2.02. The summed E-state index contributed by atoms with van der Waals surface area (Å²) in [5.74, 6) is 1.81. The fourth-order valence-electron chi connectivity index (χ4n) is 2.47. The molecule has 0 aliphatic rings. The molecule has 0 aliphatic heterocycles. The zero-order valence-corrected chi connectivity index (χ0v) is 13.8. The van der Waals surface area contributed by atoms with E-state index in [1.807, 2.05) is 40.9 Å². The lowest BCUT2D eigenvalue weighted by atomic mass is 10.1. The number of azo groups is 1. The van der Waals surface area contributed by atoms with E-state index < -0.39 is 0 Å². The second-order valence-corrected chi connectivity index (χ2v) is 5.76. The highest BCUT2D eigenvalue weighted by molar-refractivity contribution is 5.57. The lowest BCUT2D eigenvalue weighted by Crippen LogP contribution is -1.87. The predicted octanol–water partition coefficient (Wildman–Crippen LogP) is 5.19. The Bertz CT molecular complexity index is 865. The summed E-state index contributed by atoms with van der Waals surface area (Å²) in [5, 5.41) is 8.84. The van der Waals surface area contributed by atoms with E-state index in [2.05, 4.69) is 37.1 Å². The van der Waals surface area contributed by atoms with Crippen LogP contribution in [0, 0.1) is 6.92 Å². The minimum atomic E-state index is 0.272. The number of ether oxygens (including phenoxy) is 1. The van der Waals surface area contributed by atoms with Gasteiger partial charge in [0.2, 0.25) is 0 Å². The van der Waals surface area contributed by atoms with Crippen LogP contribution in [-0.2, 0) is 0 Å². The summed E-state index contributed by atoms with van der Waals surface area (Å²) in [6.45, 7) is 6.28. The van der Waals surface area contributed by atoms with Crippen molar-refractivity contribution in [2.45, 2.75) is 26.7 Å². The SMILES string of the molecule is COc1cccc(N=Nc2c(C(C)C)nc3c(C)cccn23)c1. The summed E-state index contributed by atoms with van der Waals surface area (Å²) in [7, 11) is 1.64. The van der Waals surface area contributed by atoms with Gasteiger partial charge in [0.25, 0.3) is 0 Å². The largest absolute Gasteiger partial charge is 0.497 e. The zero-order valence-electron chi connectivity index (χ0n) is 13.8. The van der Waals surface area contributed by atoms with Crippen LogP contribution < -0.4 is 4.74 Å². The smallest absolute Gasteiger partial charge is 0.183 e. The van der Waals surface area contributed by atoms with Crippen molar-refractivity contribution in [3.8, 4) is 5.75 Å². The van der Waals surface area contributed by atoms with Crippen LogP contribution in [0.2, 0.25) is 0 Å². The van der Waals surface area contributed by atoms with Gasteiger partial charge in [-0.15, -0.1) is 10.2 Å². The summed E-state index contributed by atoms with van der Waals surface area (Å²) >= 11 is 0. The molecule has 5 heteroatoms. The second-order valence-electron chi connectivity index (χ2n) is 5.76. The molecule has 0 saturated heterocycles. The van der Waals surface area contributed by atoms with Gasteiger partial charge in [0.15, 0.2) is 5.82 Å². The number of benzene rings is 1. The van der Waals surface area contributed by atoms with Crippen molar-refractivity contribution < 1.29 is 4.74 Å². The summed E-state index contributed by atoms with van der Waals surface area (Å²) < 4.78 is 7.21. The van der Waals surface area contributed by atoms with Crippen LogP contribution in [0.5, 0.6) is 5.75 Å². The molecule has 0 amide bonds. The molecule has 1 aromatic carbocycles. The number of aromatic nitrogens is 2. The van der Waals surface area contributed by atoms with Crippen molar-refractivity contribution in [1.29, 1.82) is 0 Å². The number of hydrogen-bond acceptors (Lipinski definition) is 4. The van der Waals surface area contributed by atoms with Crippen molar-refractivity contribution in [2.24, 2.45) is 10.2 Å². The number of methoxy groups -OCH3 is 1. The third-order valence-corrected chi connectivity index (χ3v) is 3.71. The van der Waals surface area contributed by atoms with Gasteiger partial charge >= 0.3 is 0 Å². The fraction of sp³-hybridized carbons (Fsp3) is 0.278. The van der Waals surface area contributed by atoms with Gasteiger partial charge in [-0.2, -0.15) is 0 Å². The standard InChI is InChI=1S/C18H20N4O/c1-12(2)16-18(22-10-6-7-13(3)17(22)19-16)21-20-14-8-5-9-15(11-14)23-4/h5-12H,1-4H3. The van der Waals surface area contributed by atoms with Crippen molar-refractivity contribution in [1.82, 2.24) is 9.38 Å². The molecule has 0 fully saturated rings. The Labute approximate surface area is 135 Å². The molecule has 0 radical (unpaired) electrons. The molecule has 0 atom stereocenters. The van der Waals surface area contributed by atoms with Crippen LogP contribution >= 0.6 is 0 Å². The van der Waals surface area contributed by atoms with Crippen molar-refractivity contribution in [2.75, 3.05) is 7.11 Å². The molecule has 3 rings (SSSR count). The van der Waals surface area contributed by atoms with E-state index in [9.17, 15) is 0 Å². The number of rotatable bonds is 4.